The number of sulfonamides is 1. The van der Waals surface area contributed by atoms with Gasteiger partial charge in [0.2, 0.25) is 5.91 Å². The maximum absolute atomic E-state index is 13.2. The molecule has 9 nitrogen and oxygen atoms in total. The van der Waals surface area contributed by atoms with Gasteiger partial charge in [-0.25, -0.2) is 22.3 Å². The second kappa shape index (κ2) is 8.90. The van der Waals surface area contributed by atoms with E-state index in [2.05, 4.69) is 6.58 Å². The number of rotatable bonds is 7. The van der Waals surface area contributed by atoms with E-state index in [1.54, 1.807) is 0 Å². The number of hydrogen-bond acceptors (Lipinski definition) is 8. The first-order valence-electron chi connectivity index (χ1n) is 10.6. The summed E-state index contributed by atoms with van der Waals surface area (Å²) in [5, 5.41) is 0. The third-order valence-electron chi connectivity index (χ3n) is 6.76. The monoisotopic (exact) mass is 479 g/mol. The summed E-state index contributed by atoms with van der Waals surface area (Å²) < 4.78 is 43.0. The summed E-state index contributed by atoms with van der Waals surface area (Å²) in [7, 11) is -4.17. The Balaban J connectivity index is 1.69. The summed E-state index contributed by atoms with van der Waals surface area (Å²) >= 11 is 0. The van der Waals surface area contributed by atoms with E-state index in [1.165, 1.54) is 31.2 Å². The molecule has 3 rings (SSSR count). The molecule has 2 bridgehead atoms. The molecule has 0 aromatic heterocycles. The first kappa shape index (κ1) is 24.9. The fourth-order valence-electron chi connectivity index (χ4n) is 4.15. The largest absolute Gasteiger partial charge is 0.459 e. The van der Waals surface area contributed by atoms with Gasteiger partial charge in [-0.2, -0.15) is 0 Å². The van der Waals surface area contributed by atoms with Crippen molar-refractivity contribution in [3.05, 3.63) is 42.0 Å². The van der Waals surface area contributed by atoms with Crippen molar-refractivity contribution in [2.75, 3.05) is 19.9 Å². The van der Waals surface area contributed by atoms with Gasteiger partial charge in [-0.3, -0.25) is 4.79 Å². The Labute approximate surface area is 193 Å². The Kier molecular flexibility index (Phi) is 6.72. The first-order valence-corrected chi connectivity index (χ1v) is 12.1. The molecule has 2 atom stereocenters. The van der Waals surface area contributed by atoms with Crippen molar-refractivity contribution in [3.8, 4) is 0 Å². The number of fused-ring (bicyclic) bond motifs is 2. The number of amides is 1. The zero-order chi connectivity index (χ0) is 24.6. The predicted octanol–water partition coefficient (Wildman–Crippen LogP) is 2.66. The third kappa shape index (κ3) is 4.54. The molecule has 2 aliphatic rings. The minimum Gasteiger partial charge on any atom is -0.459 e. The molecule has 1 aliphatic carbocycles. The summed E-state index contributed by atoms with van der Waals surface area (Å²) in [6.45, 7) is 10.1. The Hall–Kier alpha value is -2.72. The number of hydrogen-bond donors (Lipinski definition) is 0. The molecular formula is C23H29NO8S. The van der Waals surface area contributed by atoms with E-state index in [4.69, 9.17) is 14.2 Å². The number of benzene rings is 1. The van der Waals surface area contributed by atoms with Crippen molar-refractivity contribution in [1.29, 1.82) is 0 Å². The lowest BCUT2D eigenvalue weighted by atomic mass is 9.73. The van der Waals surface area contributed by atoms with Crippen LogP contribution in [0.15, 0.2) is 41.3 Å². The van der Waals surface area contributed by atoms with Gasteiger partial charge in [0.1, 0.15) is 19.9 Å². The van der Waals surface area contributed by atoms with E-state index in [-0.39, 0.29) is 36.0 Å². The quantitative estimate of drug-likeness (QED) is 0.333. The summed E-state index contributed by atoms with van der Waals surface area (Å²) in [5.41, 5.74) is -0.742. The highest BCUT2D eigenvalue weighted by Gasteiger charge is 2.59. The summed E-state index contributed by atoms with van der Waals surface area (Å²) in [5.74, 6) is -2.23. The molecule has 1 amide bonds. The van der Waals surface area contributed by atoms with Crippen molar-refractivity contribution < 1.29 is 37.0 Å². The second-order valence-corrected chi connectivity index (χ2v) is 10.9. The number of carbonyl (C=O) groups excluding carboxylic acids is 3. The number of carbonyl (C=O) groups is 3. The van der Waals surface area contributed by atoms with E-state index in [1.807, 2.05) is 20.8 Å². The fourth-order valence-corrected chi connectivity index (χ4v) is 5.44. The van der Waals surface area contributed by atoms with Crippen LogP contribution in [0.25, 0.3) is 0 Å². The van der Waals surface area contributed by atoms with Crippen LogP contribution in [-0.4, -0.2) is 56.1 Å². The van der Waals surface area contributed by atoms with Crippen LogP contribution in [0.1, 0.15) is 50.9 Å². The number of nitrogens with zero attached hydrogens (tertiary/aromatic N) is 1. The van der Waals surface area contributed by atoms with Crippen LogP contribution in [0.2, 0.25) is 0 Å². The van der Waals surface area contributed by atoms with Crippen molar-refractivity contribution in [2.24, 2.45) is 11.3 Å². The molecule has 1 saturated carbocycles. The van der Waals surface area contributed by atoms with Crippen LogP contribution in [0.5, 0.6) is 0 Å². The lowest BCUT2D eigenvalue weighted by Gasteiger charge is -2.38. The summed E-state index contributed by atoms with van der Waals surface area (Å²) in [6, 6.07) is 5.10. The van der Waals surface area contributed by atoms with Crippen LogP contribution in [0, 0.1) is 11.3 Å². The minimum absolute atomic E-state index is 0.117. The molecule has 2 fully saturated rings. The lowest BCUT2D eigenvalue weighted by molar-refractivity contribution is -0.140. The third-order valence-corrected chi connectivity index (χ3v) is 8.50. The minimum atomic E-state index is -4.17. The van der Waals surface area contributed by atoms with Crippen molar-refractivity contribution >= 4 is 27.9 Å². The Bertz CT molecular complexity index is 1080. The van der Waals surface area contributed by atoms with Gasteiger partial charge >= 0.3 is 11.9 Å². The van der Waals surface area contributed by atoms with Crippen molar-refractivity contribution in [2.45, 2.75) is 51.0 Å². The topological polar surface area (TPSA) is 116 Å². The van der Waals surface area contributed by atoms with Crippen LogP contribution in [-0.2, 0) is 33.8 Å². The number of esters is 2. The molecule has 1 aliphatic heterocycles. The SMILES string of the molecule is C=C(C)C(=O)OCCOC(=O)c1ccc(S(=O)(=O)N2COC3(C)CCC(C2=O)C3(C)C)cc1. The van der Waals surface area contributed by atoms with E-state index >= 15 is 0 Å². The van der Waals surface area contributed by atoms with Gasteiger partial charge in [-0.05, 0) is 51.0 Å². The fraction of sp³-hybridized carbons (Fsp3) is 0.522. The standard InChI is InChI=1S/C23H29NO8S/c1-15(2)20(26)30-12-13-31-21(27)16-6-8-17(9-7-16)33(28,29)24-14-32-23(5)11-10-18(19(24)25)22(23,3)4/h6-9,18H,1,10-14H2,2-5H3. The molecule has 2 unspecified atom stereocenters. The van der Waals surface area contributed by atoms with E-state index < -0.39 is 44.8 Å². The molecular weight excluding hydrogens is 450 g/mol. The molecule has 180 valence electrons. The molecule has 10 heteroatoms. The van der Waals surface area contributed by atoms with Crippen LogP contribution in [0.4, 0.5) is 0 Å². The summed E-state index contributed by atoms with van der Waals surface area (Å²) in [6.07, 6.45) is 1.24. The Morgan fingerprint density at radius 3 is 2.36 bits per heavy atom. The van der Waals surface area contributed by atoms with Crippen molar-refractivity contribution in [1.82, 2.24) is 4.31 Å². The highest BCUT2D eigenvalue weighted by molar-refractivity contribution is 7.89. The molecule has 0 spiro atoms. The average Bonchev–Trinajstić information content (AvgIpc) is 2.94. The molecule has 1 aromatic rings. The molecule has 1 heterocycles. The molecule has 1 aromatic carbocycles. The van der Waals surface area contributed by atoms with Gasteiger partial charge in [0.15, 0.2) is 0 Å². The normalized spacial score (nSPS) is 24.2. The van der Waals surface area contributed by atoms with Gasteiger partial charge < -0.3 is 14.2 Å². The smallest absolute Gasteiger partial charge is 0.338 e. The van der Waals surface area contributed by atoms with Crippen LogP contribution >= 0.6 is 0 Å². The van der Waals surface area contributed by atoms with Gasteiger partial charge in [0.05, 0.1) is 16.1 Å². The van der Waals surface area contributed by atoms with Gasteiger partial charge in [0, 0.05) is 16.9 Å². The Morgan fingerprint density at radius 1 is 1.15 bits per heavy atom. The summed E-state index contributed by atoms with van der Waals surface area (Å²) in [4.78, 5) is 36.5. The van der Waals surface area contributed by atoms with Gasteiger partial charge in [-0.1, -0.05) is 20.4 Å². The van der Waals surface area contributed by atoms with E-state index in [9.17, 15) is 22.8 Å². The zero-order valence-electron chi connectivity index (χ0n) is 19.3. The highest BCUT2D eigenvalue weighted by Crippen LogP contribution is 2.54. The molecule has 0 radical (unpaired) electrons. The Morgan fingerprint density at radius 2 is 1.76 bits per heavy atom. The van der Waals surface area contributed by atoms with E-state index in [0.717, 1.165) is 4.31 Å². The van der Waals surface area contributed by atoms with Gasteiger partial charge in [0.25, 0.3) is 10.0 Å². The predicted molar refractivity (Wildman–Crippen MR) is 117 cm³/mol. The average molecular weight is 480 g/mol. The number of ether oxygens (including phenoxy) is 3. The van der Waals surface area contributed by atoms with Crippen molar-refractivity contribution in [3.63, 3.8) is 0 Å². The van der Waals surface area contributed by atoms with Gasteiger partial charge in [-0.15, -0.1) is 0 Å². The maximum Gasteiger partial charge on any atom is 0.338 e. The molecule has 0 N–H and O–H groups in total. The first-order chi connectivity index (χ1) is 15.3. The molecule has 33 heavy (non-hydrogen) atoms. The maximum atomic E-state index is 13.2. The second-order valence-electron chi connectivity index (χ2n) is 9.09. The lowest BCUT2D eigenvalue weighted by Crippen LogP contribution is -2.43. The van der Waals surface area contributed by atoms with Crippen LogP contribution < -0.4 is 0 Å². The van der Waals surface area contributed by atoms with E-state index in [0.29, 0.717) is 12.8 Å². The van der Waals surface area contributed by atoms with Crippen LogP contribution in [0.3, 0.4) is 0 Å². The molecule has 1 saturated heterocycles. The zero-order valence-corrected chi connectivity index (χ0v) is 20.1. The highest BCUT2D eigenvalue weighted by atomic mass is 32.2.